The fourth-order valence-electron chi connectivity index (χ4n) is 1.63. The van der Waals surface area contributed by atoms with Crippen LogP contribution in [0.25, 0.3) is 0 Å². The quantitative estimate of drug-likeness (QED) is 0.517. The van der Waals surface area contributed by atoms with Gasteiger partial charge in [-0.3, -0.25) is 14.9 Å². The molecule has 1 amide bonds. The van der Waals surface area contributed by atoms with Crippen molar-refractivity contribution in [1.29, 1.82) is 0 Å². The van der Waals surface area contributed by atoms with Crippen LogP contribution in [0.3, 0.4) is 0 Å². The first-order chi connectivity index (χ1) is 9.90. The van der Waals surface area contributed by atoms with E-state index in [1.54, 1.807) is 0 Å². The highest BCUT2D eigenvalue weighted by Gasteiger charge is 2.20. The zero-order valence-electron chi connectivity index (χ0n) is 10.3. The molecule has 0 aliphatic rings. The van der Waals surface area contributed by atoms with E-state index < -0.39 is 39.6 Å². The maximum absolute atomic E-state index is 13.1. The highest BCUT2D eigenvalue weighted by atomic mass is 19.2. The van der Waals surface area contributed by atoms with E-state index in [2.05, 4.69) is 5.32 Å². The summed E-state index contributed by atoms with van der Waals surface area (Å²) in [6, 6.07) is 5.88. The molecule has 2 N–H and O–H groups in total. The van der Waals surface area contributed by atoms with Gasteiger partial charge in [0.1, 0.15) is 5.75 Å². The van der Waals surface area contributed by atoms with Crippen LogP contribution in [-0.2, 0) is 0 Å². The number of nitrogens with one attached hydrogen (secondary N) is 1. The van der Waals surface area contributed by atoms with Gasteiger partial charge in [0.15, 0.2) is 17.3 Å². The molecule has 0 aromatic heterocycles. The number of para-hydroxylation sites is 1. The Hall–Kier alpha value is -3.03. The van der Waals surface area contributed by atoms with Crippen LogP contribution >= 0.6 is 0 Å². The van der Waals surface area contributed by atoms with Gasteiger partial charge in [-0.1, -0.05) is 6.07 Å². The zero-order valence-corrected chi connectivity index (χ0v) is 10.3. The van der Waals surface area contributed by atoms with E-state index in [9.17, 15) is 28.8 Å². The molecule has 6 nitrogen and oxygen atoms in total. The number of nitro benzene ring substituents is 1. The molecule has 0 atom stereocenters. The van der Waals surface area contributed by atoms with Crippen molar-refractivity contribution in [3.63, 3.8) is 0 Å². The van der Waals surface area contributed by atoms with Crippen LogP contribution in [0.5, 0.6) is 5.75 Å². The predicted molar refractivity (Wildman–Crippen MR) is 69.1 cm³/mol. The lowest BCUT2D eigenvalue weighted by Crippen LogP contribution is -2.13. The Balaban J connectivity index is 2.36. The number of halogens is 2. The summed E-state index contributed by atoms with van der Waals surface area (Å²) in [6.07, 6.45) is 0. The number of aromatic hydroxyl groups is 1. The van der Waals surface area contributed by atoms with Gasteiger partial charge < -0.3 is 10.4 Å². The summed E-state index contributed by atoms with van der Waals surface area (Å²) >= 11 is 0. The van der Waals surface area contributed by atoms with Crippen molar-refractivity contribution in [1.82, 2.24) is 0 Å². The van der Waals surface area contributed by atoms with Crippen molar-refractivity contribution in [2.75, 3.05) is 5.32 Å². The Labute approximate surface area is 116 Å². The first-order valence-corrected chi connectivity index (χ1v) is 5.63. The fourth-order valence-corrected chi connectivity index (χ4v) is 1.63. The second kappa shape index (κ2) is 5.53. The molecule has 0 unspecified atom stereocenters. The number of carbonyl (C=O) groups excluding carboxylic acids is 1. The minimum absolute atomic E-state index is 0.244. The third kappa shape index (κ3) is 2.94. The lowest BCUT2D eigenvalue weighted by molar-refractivity contribution is -0.384. The highest BCUT2D eigenvalue weighted by Crippen LogP contribution is 2.33. The smallest absolute Gasteiger partial charge is 0.296 e. The average molecular weight is 294 g/mol. The Kier molecular flexibility index (Phi) is 3.79. The summed E-state index contributed by atoms with van der Waals surface area (Å²) < 4.78 is 25.8. The topological polar surface area (TPSA) is 92.5 Å². The molecule has 21 heavy (non-hydrogen) atoms. The van der Waals surface area contributed by atoms with Crippen molar-refractivity contribution in [3.05, 3.63) is 63.7 Å². The first kappa shape index (κ1) is 14.4. The zero-order chi connectivity index (χ0) is 15.6. The molecule has 2 aromatic rings. The minimum atomic E-state index is -1.23. The molecule has 0 heterocycles. The standard InChI is InChI=1S/C13H8F2N2O4/c14-8-5-4-7(6-9(8)15)13(19)16-12-10(17(20)21)2-1-3-11(12)18/h1-6,18H,(H,16,19). The summed E-state index contributed by atoms with van der Waals surface area (Å²) in [5, 5.41) is 22.5. The molecular formula is C13H8F2N2O4. The number of anilines is 1. The molecule has 0 saturated heterocycles. The molecule has 0 spiro atoms. The van der Waals surface area contributed by atoms with Crippen molar-refractivity contribution in [2.45, 2.75) is 0 Å². The van der Waals surface area contributed by atoms with Gasteiger partial charge in [0.05, 0.1) is 4.92 Å². The van der Waals surface area contributed by atoms with Crippen LogP contribution in [0, 0.1) is 21.7 Å². The molecule has 0 bridgehead atoms. The largest absolute Gasteiger partial charge is 0.505 e. The third-order valence-electron chi connectivity index (χ3n) is 2.64. The van der Waals surface area contributed by atoms with Gasteiger partial charge in [-0.15, -0.1) is 0 Å². The predicted octanol–water partition coefficient (Wildman–Crippen LogP) is 2.83. The van der Waals surface area contributed by atoms with Crippen molar-refractivity contribution in [2.24, 2.45) is 0 Å². The Bertz CT molecular complexity index is 734. The van der Waals surface area contributed by atoms with Gasteiger partial charge in [0, 0.05) is 11.6 Å². The first-order valence-electron chi connectivity index (χ1n) is 5.63. The number of carbonyl (C=O) groups is 1. The number of amides is 1. The average Bonchev–Trinajstić information content (AvgIpc) is 2.43. The van der Waals surface area contributed by atoms with E-state index in [1.165, 1.54) is 6.07 Å². The normalized spacial score (nSPS) is 10.2. The molecule has 108 valence electrons. The van der Waals surface area contributed by atoms with Crippen molar-refractivity contribution >= 4 is 17.3 Å². The summed E-state index contributed by atoms with van der Waals surface area (Å²) in [4.78, 5) is 21.9. The summed E-state index contributed by atoms with van der Waals surface area (Å²) in [7, 11) is 0. The highest BCUT2D eigenvalue weighted by molar-refractivity contribution is 6.06. The van der Waals surface area contributed by atoms with E-state index >= 15 is 0 Å². The maximum atomic E-state index is 13.1. The minimum Gasteiger partial charge on any atom is -0.505 e. The maximum Gasteiger partial charge on any atom is 0.296 e. The molecular weight excluding hydrogens is 286 g/mol. The molecule has 0 saturated carbocycles. The molecule has 0 aliphatic heterocycles. The molecule has 2 rings (SSSR count). The van der Waals surface area contributed by atoms with Gasteiger partial charge in [-0.25, -0.2) is 8.78 Å². The molecule has 2 aromatic carbocycles. The van der Waals surface area contributed by atoms with Crippen molar-refractivity contribution < 1.29 is 23.6 Å². The van der Waals surface area contributed by atoms with Gasteiger partial charge >= 0.3 is 0 Å². The number of phenols is 1. The van der Waals surface area contributed by atoms with Gasteiger partial charge in [0.25, 0.3) is 11.6 Å². The lowest BCUT2D eigenvalue weighted by atomic mass is 10.2. The van der Waals surface area contributed by atoms with E-state index in [0.717, 1.165) is 24.3 Å². The molecule has 0 radical (unpaired) electrons. The van der Waals surface area contributed by atoms with Crippen LogP contribution in [-0.4, -0.2) is 15.9 Å². The molecule has 0 fully saturated rings. The van der Waals surface area contributed by atoms with E-state index in [-0.39, 0.29) is 5.56 Å². The van der Waals surface area contributed by atoms with Gasteiger partial charge in [-0.2, -0.15) is 0 Å². The van der Waals surface area contributed by atoms with Gasteiger partial charge in [0.2, 0.25) is 0 Å². The summed E-state index contributed by atoms with van der Waals surface area (Å²) in [5.74, 6) is -3.78. The fraction of sp³-hybridized carbons (Fsp3) is 0. The van der Waals surface area contributed by atoms with Crippen LogP contribution in [0.15, 0.2) is 36.4 Å². The second-order valence-electron chi connectivity index (χ2n) is 4.01. The van der Waals surface area contributed by atoms with E-state index in [0.29, 0.717) is 6.07 Å². The summed E-state index contributed by atoms with van der Waals surface area (Å²) in [5.41, 5.74) is -1.19. The number of nitrogens with zero attached hydrogens (tertiary/aromatic N) is 1. The number of phenolic OH excluding ortho intramolecular Hbond substituents is 1. The molecule has 8 heteroatoms. The van der Waals surface area contributed by atoms with Crippen LogP contribution in [0.2, 0.25) is 0 Å². The Morgan fingerprint density at radius 3 is 2.52 bits per heavy atom. The Morgan fingerprint density at radius 1 is 1.19 bits per heavy atom. The lowest BCUT2D eigenvalue weighted by Gasteiger charge is -2.08. The number of benzene rings is 2. The number of hydrogen-bond donors (Lipinski definition) is 2. The number of nitro groups is 1. The van der Waals surface area contributed by atoms with Crippen LogP contribution in [0.1, 0.15) is 10.4 Å². The van der Waals surface area contributed by atoms with E-state index in [4.69, 9.17) is 0 Å². The number of rotatable bonds is 3. The SMILES string of the molecule is O=C(Nc1c(O)cccc1[N+](=O)[O-])c1ccc(F)c(F)c1. The second-order valence-corrected chi connectivity index (χ2v) is 4.01. The summed E-state index contributed by atoms with van der Waals surface area (Å²) in [6.45, 7) is 0. The monoisotopic (exact) mass is 294 g/mol. The molecule has 0 aliphatic carbocycles. The number of hydrogen-bond acceptors (Lipinski definition) is 4. The van der Waals surface area contributed by atoms with Crippen molar-refractivity contribution in [3.8, 4) is 5.75 Å². The third-order valence-corrected chi connectivity index (χ3v) is 2.64. The van der Waals surface area contributed by atoms with Crippen LogP contribution in [0.4, 0.5) is 20.2 Å². The Morgan fingerprint density at radius 2 is 1.90 bits per heavy atom. The van der Waals surface area contributed by atoms with E-state index in [1.807, 2.05) is 0 Å². The van der Waals surface area contributed by atoms with Crippen LogP contribution < -0.4 is 5.32 Å². The van der Waals surface area contributed by atoms with Gasteiger partial charge in [-0.05, 0) is 24.3 Å².